The fraction of sp³-hybridized carbons (Fsp3) is 0.462. The molecular weight excluding hydrogens is 296 g/mol. The fourth-order valence-corrected chi connectivity index (χ4v) is 2.76. The Morgan fingerprint density at radius 2 is 2.29 bits per heavy atom. The van der Waals surface area contributed by atoms with Crippen LogP contribution in [0.2, 0.25) is 0 Å². The van der Waals surface area contributed by atoms with Gasteiger partial charge in [0.2, 0.25) is 10.0 Å². The first kappa shape index (κ1) is 15.7. The van der Waals surface area contributed by atoms with Gasteiger partial charge in [0.25, 0.3) is 5.91 Å². The highest BCUT2D eigenvalue weighted by Gasteiger charge is 2.21. The van der Waals surface area contributed by atoms with Crippen LogP contribution in [0.5, 0.6) is 5.75 Å². The predicted molar refractivity (Wildman–Crippen MR) is 75.7 cm³/mol. The maximum Gasteiger partial charge on any atom is 0.251 e. The van der Waals surface area contributed by atoms with Crippen LogP contribution in [-0.2, 0) is 14.8 Å². The molecule has 1 heterocycles. The zero-order valence-corrected chi connectivity index (χ0v) is 12.5. The van der Waals surface area contributed by atoms with Crippen LogP contribution >= 0.6 is 0 Å². The lowest BCUT2D eigenvalue weighted by atomic mass is 10.1. The van der Waals surface area contributed by atoms with Crippen molar-refractivity contribution in [3.05, 3.63) is 23.8 Å². The van der Waals surface area contributed by atoms with Gasteiger partial charge in [-0.1, -0.05) is 0 Å². The van der Waals surface area contributed by atoms with Crippen LogP contribution in [0.3, 0.4) is 0 Å². The number of amides is 1. The zero-order chi connectivity index (χ0) is 15.5. The lowest BCUT2D eigenvalue weighted by molar-refractivity contribution is 0.0929. The van der Waals surface area contributed by atoms with Crippen molar-refractivity contribution in [3.63, 3.8) is 0 Å². The standard InChI is InChI=1S/C13H18N2O5S/c1-2-20-11-4-3-9(7-12(11)21(14,17)18)13(16)15-10-5-6-19-8-10/h3-4,7,10H,2,5-6,8H2,1H3,(H,15,16)(H2,14,17,18). The Bertz CT molecular complexity index is 623. The molecule has 116 valence electrons. The van der Waals surface area contributed by atoms with E-state index in [-0.39, 0.29) is 28.2 Å². The Labute approximate surface area is 123 Å². The maximum absolute atomic E-state index is 12.1. The van der Waals surface area contributed by atoms with Crippen molar-refractivity contribution in [2.24, 2.45) is 5.14 Å². The smallest absolute Gasteiger partial charge is 0.251 e. The number of hydrogen-bond donors (Lipinski definition) is 2. The molecule has 1 unspecified atom stereocenters. The molecule has 0 radical (unpaired) electrons. The number of benzene rings is 1. The van der Waals surface area contributed by atoms with Crippen LogP contribution in [-0.4, -0.2) is 40.2 Å². The Kier molecular flexibility index (Phi) is 4.81. The summed E-state index contributed by atoms with van der Waals surface area (Å²) in [6, 6.07) is 4.11. The van der Waals surface area contributed by atoms with Crippen molar-refractivity contribution < 1.29 is 22.7 Å². The van der Waals surface area contributed by atoms with Crippen LogP contribution in [0.25, 0.3) is 0 Å². The van der Waals surface area contributed by atoms with Crippen molar-refractivity contribution in [3.8, 4) is 5.75 Å². The van der Waals surface area contributed by atoms with Gasteiger partial charge in [-0.25, -0.2) is 13.6 Å². The summed E-state index contributed by atoms with van der Waals surface area (Å²) in [6.07, 6.45) is 0.741. The van der Waals surface area contributed by atoms with Crippen LogP contribution in [0, 0.1) is 0 Å². The van der Waals surface area contributed by atoms with E-state index in [2.05, 4.69) is 5.32 Å². The highest BCUT2D eigenvalue weighted by atomic mass is 32.2. The minimum Gasteiger partial charge on any atom is -0.492 e. The molecule has 1 fully saturated rings. The van der Waals surface area contributed by atoms with Crippen LogP contribution < -0.4 is 15.2 Å². The molecule has 8 heteroatoms. The van der Waals surface area contributed by atoms with Gasteiger partial charge in [0, 0.05) is 12.2 Å². The summed E-state index contributed by atoms with van der Waals surface area (Å²) in [6.45, 7) is 3.10. The molecule has 0 aliphatic carbocycles. The normalized spacial score (nSPS) is 18.5. The first-order chi connectivity index (χ1) is 9.91. The molecule has 1 aromatic carbocycles. The van der Waals surface area contributed by atoms with E-state index in [0.717, 1.165) is 6.42 Å². The number of ether oxygens (including phenoxy) is 2. The molecule has 3 N–H and O–H groups in total. The summed E-state index contributed by atoms with van der Waals surface area (Å²) < 4.78 is 33.6. The maximum atomic E-state index is 12.1. The van der Waals surface area contributed by atoms with Gasteiger partial charge in [-0.15, -0.1) is 0 Å². The van der Waals surface area contributed by atoms with Gasteiger partial charge in [0.1, 0.15) is 10.6 Å². The molecule has 1 saturated heterocycles. The lowest BCUT2D eigenvalue weighted by Gasteiger charge is -2.13. The third-order valence-electron chi connectivity index (χ3n) is 3.08. The van der Waals surface area contributed by atoms with Gasteiger partial charge in [-0.05, 0) is 31.5 Å². The van der Waals surface area contributed by atoms with Crippen LogP contribution in [0.1, 0.15) is 23.7 Å². The molecule has 1 aromatic rings. The Morgan fingerprint density at radius 3 is 2.86 bits per heavy atom. The summed E-state index contributed by atoms with van der Waals surface area (Å²) in [4.78, 5) is 11.9. The first-order valence-corrected chi connectivity index (χ1v) is 8.14. The van der Waals surface area contributed by atoms with Gasteiger partial charge in [-0.3, -0.25) is 4.79 Å². The predicted octanol–water partition coefficient (Wildman–Crippen LogP) is 0.251. The number of carbonyl (C=O) groups excluding carboxylic acids is 1. The minimum absolute atomic E-state index is 0.0537. The molecule has 0 saturated carbocycles. The molecule has 1 atom stereocenters. The molecule has 1 amide bonds. The second kappa shape index (κ2) is 6.42. The summed E-state index contributed by atoms with van der Waals surface area (Å²) in [7, 11) is -3.97. The molecule has 1 aliphatic heterocycles. The fourth-order valence-electron chi connectivity index (χ4n) is 2.06. The Hall–Kier alpha value is -1.64. The quantitative estimate of drug-likeness (QED) is 0.810. The Balaban J connectivity index is 2.26. The number of carbonyl (C=O) groups is 1. The first-order valence-electron chi connectivity index (χ1n) is 6.60. The molecule has 0 aromatic heterocycles. The number of primary sulfonamides is 1. The zero-order valence-electron chi connectivity index (χ0n) is 11.7. The van der Waals surface area contributed by atoms with Gasteiger partial charge in [-0.2, -0.15) is 0 Å². The molecule has 2 rings (SSSR count). The SMILES string of the molecule is CCOc1ccc(C(=O)NC2CCOC2)cc1S(N)(=O)=O. The monoisotopic (exact) mass is 314 g/mol. The van der Waals surface area contributed by atoms with E-state index < -0.39 is 10.0 Å². The van der Waals surface area contributed by atoms with Crippen molar-refractivity contribution in [2.75, 3.05) is 19.8 Å². The van der Waals surface area contributed by atoms with E-state index in [1.54, 1.807) is 6.92 Å². The average Bonchev–Trinajstić information content (AvgIpc) is 2.91. The number of sulfonamides is 1. The van der Waals surface area contributed by atoms with Crippen LogP contribution in [0.4, 0.5) is 0 Å². The van der Waals surface area contributed by atoms with Crippen LogP contribution in [0.15, 0.2) is 23.1 Å². The van der Waals surface area contributed by atoms with Gasteiger partial charge in [0.15, 0.2) is 0 Å². The highest BCUT2D eigenvalue weighted by molar-refractivity contribution is 7.89. The Morgan fingerprint density at radius 1 is 1.52 bits per heavy atom. The van der Waals surface area contributed by atoms with Gasteiger partial charge >= 0.3 is 0 Å². The molecule has 0 spiro atoms. The topological polar surface area (TPSA) is 108 Å². The van der Waals surface area contributed by atoms with E-state index in [4.69, 9.17) is 14.6 Å². The largest absolute Gasteiger partial charge is 0.492 e. The second-order valence-electron chi connectivity index (χ2n) is 4.67. The van der Waals surface area contributed by atoms with E-state index in [1.807, 2.05) is 0 Å². The molecular formula is C13H18N2O5S. The van der Waals surface area contributed by atoms with E-state index in [1.165, 1.54) is 18.2 Å². The van der Waals surface area contributed by atoms with Crippen molar-refractivity contribution >= 4 is 15.9 Å². The summed E-state index contributed by atoms with van der Waals surface area (Å²) in [5.74, 6) is -0.223. The summed E-state index contributed by atoms with van der Waals surface area (Å²) in [5, 5.41) is 7.95. The third-order valence-corrected chi connectivity index (χ3v) is 4.01. The lowest BCUT2D eigenvalue weighted by Crippen LogP contribution is -2.35. The highest BCUT2D eigenvalue weighted by Crippen LogP contribution is 2.24. The van der Waals surface area contributed by atoms with Crippen molar-refractivity contribution in [1.29, 1.82) is 0 Å². The number of nitrogens with one attached hydrogen (secondary N) is 1. The summed E-state index contributed by atoms with van der Waals surface area (Å²) >= 11 is 0. The number of nitrogens with two attached hydrogens (primary N) is 1. The van der Waals surface area contributed by atoms with Crippen molar-refractivity contribution in [2.45, 2.75) is 24.3 Å². The van der Waals surface area contributed by atoms with Gasteiger partial charge < -0.3 is 14.8 Å². The molecule has 1 aliphatic rings. The third kappa shape index (κ3) is 3.93. The summed E-state index contributed by atoms with van der Waals surface area (Å²) in [5.41, 5.74) is 0.217. The average molecular weight is 314 g/mol. The van der Waals surface area contributed by atoms with E-state index in [9.17, 15) is 13.2 Å². The number of hydrogen-bond acceptors (Lipinski definition) is 5. The molecule has 0 bridgehead atoms. The van der Waals surface area contributed by atoms with E-state index >= 15 is 0 Å². The minimum atomic E-state index is -3.97. The van der Waals surface area contributed by atoms with Gasteiger partial charge in [0.05, 0.1) is 19.3 Å². The molecule has 21 heavy (non-hydrogen) atoms. The second-order valence-corrected chi connectivity index (χ2v) is 6.20. The van der Waals surface area contributed by atoms with E-state index in [0.29, 0.717) is 19.8 Å². The molecule has 7 nitrogen and oxygen atoms in total. The van der Waals surface area contributed by atoms with Crippen molar-refractivity contribution in [1.82, 2.24) is 5.32 Å². The number of rotatable bonds is 5.